The molecule has 0 aromatic rings. The Balaban J connectivity index is 1.88. The zero-order valence-corrected chi connectivity index (χ0v) is 9.64. The van der Waals surface area contributed by atoms with E-state index in [9.17, 15) is 0 Å². The molecule has 0 atom stereocenters. The molecule has 2 rings (SSSR count). The van der Waals surface area contributed by atoms with Gasteiger partial charge in [0.25, 0.3) is 0 Å². The van der Waals surface area contributed by atoms with E-state index in [4.69, 9.17) is 15.7 Å². The fourth-order valence-electron chi connectivity index (χ4n) is 2.26. The predicted molar refractivity (Wildman–Crippen MR) is 61.5 cm³/mol. The van der Waals surface area contributed by atoms with Crippen LogP contribution in [-0.4, -0.2) is 48.3 Å². The van der Waals surface area contributed by atoms with Gasteiger partial charge in [0, 0.05) is 25.8 Å². The summed E-state index contributed by atoms with van der Waals surface area (Å²) in [6, 6.07) is 0.537. The lowest BCUT2D eigenvalue weighted by Crippen LogP contribution is -2.45. The van der Waals surface area contributed by atoms with Crippen molar-refractivity contribution in [2.24, 2.45) is 16.8 Å². The van der Waals surface area contributed by atoms with Gasteiger partial charge in [0.15, 0.2) is 5.84 Å². The smallest absolute Gasteiger partial charge is 0.153 e. The van der Waals surface area contributed by atoms with Crippen LogP contribution in [0.25, 0.3) is 0 Å². The second kappa shape index (κ2) is 5.50. The highest BCUT2D eigenvalue weighted by atomic mass is 16.5. The maximum Gasteiger partial charge on any atom is 0.153 e. The van der Waals surface area contributed by atoms with Crippen LogP contribution >= 0.6 is 0 Å². The lowest BCUT2D eigenvalue weighted by atomic mass is 10.1. The number of rotatable bonds is 5. The van der Waals surface area contributed by atoms with E-state index in [-0.39, 0.29) is 0 Å². The highest BCUT2D eigenvalue weighted by Gasteiger charge is 2.29. The van der Waals surface area contributed by atoms with E-state index >= 15 is 0 Å². The fraction of sp³-hybridized carbons (Fsp3) is 0.909. The number of hydrogen-bond donors (Lipinski definition) is 2. The third-order valence-electron chi connectivity index (χ3n) is 3.39. The van der Waals surface area contributed by atoms with Crippen LogP contribution in [-0.2, 0) is 4.74 Å². The molecule has 2 fully saturated rings. The Morgan fingerprint density at radius 1 is 1.31 bits per heavy atom. The summed E-state index contributed by atoms with van der Waals surface area (Å²) in [5, 5.41) is 11.7. The monoisotopic (exact) mass is 227 g/mol. The van der Waals surface area contributed by atoms with Crippen LogP contribution in [0.2, 0.25) is 0 Å². The number of ether oxygens (including phenoxy) is 1. The van der Waals surface area contributed by atoms with Gasteiger partial charge in [-0.1, -0.05) is 5.16 Å². The van der Waals surface area contributed by atoms with Gasteiger partial charge in [-0.25, -0.2) is 0 Å². The molecule has 5 nitrogen and oxygen atoms in total. The van der Waals surface area contributed by atoms with Crippen LogP contribution in [0.15, 0.2) is 5.16 Å². The molecule has 0 bridgehead atoms. The van der Waals surface area contributed by atoms with Crippen molar-refractivity contribution in [1.82, 2.24) is 4.90 Å². The predicted octanol–water partition coefficient (Wildman–Crippen LogP) is 0.624. The van der Waals surface area contributed by atoms with Gasteiger partial charge in [0.1, 0.15) is 0 Å². The van der Waals surface area contributed by atoms with E-state index < -0.39 is 0 Å². The normalized spacial score (nSPS) is 23.9. The molecule has 1 saturated carbocycles. The Morgan fingerprint density at radius 3 is 2.56 bits per heavy atom. The Kier molecular flexibility index (Phi) is 4.01. The van der Waals surface area contributed by atoms with Crippen LogP contribution in [0.1, 0.15) is 25.7 Å². The maximum atomic E-state index is 8.64. The van der Waals surface area contributed by atoms with Crippen molar-refractivity contribution in [2.45, 2.75) is 31.7 Å². The topological polar surface area (TPSA) is 71.1 Å². The van der Waals surface area contributed by atoms with E-state index in [0.29, 0.717) is 18.4 Å². The summed E-state index contributed by atoms with van der Waals surface area (Å²) >= 11 is 0. The molecule has 92 valence electrons. The molecular weight excluding hydrogens is 206 g/mol. The van der Waals surface area contributed by atoms with E-state index in [2.05, 4.69) is 10.1 Å². The Bertz CT molecular complexity index is 248. The second-order valence-corrected chi connectivity index (χ2v) is 4.81. The van der Waals surface area contributed by atoms with Crippen molar-refractivity contribution in [3.63, 3.8) is 0 Å². The molecular formula is C11H21N3O2. The van der Waals surface area contributed by atoms with E-state index in [0.717, 1.165) is 38.5 Å². The quantitative estimate of drug-likeness (QED) is 0.313. The highest BCUT2D eigenvalue weighted by Crippen LogP contribution is 2.31. The molecule has 5 heteroatoms. The number of amidine groups is 1. The molecule has 2 aliphatic rings. The van der Waals surface area contributed by atoms with Crippen LogP contribution in [0.3, 0.4) is 0 Å². The standard InChI is InChI=1S/C11H21N3O2/c12-11(13-15)8-14(7-9-1-2-9)10-3-5-16-6-4-10/h9-10,15H,1-8H2,(H2,12,13). The fourth-order valence-corrected chi connectivity index (χ4v) is 2.26. The number of hydrogen-bond acceptors (Lipinski definition) is 4. The first-order valence-electron chi connectivity index (χ1n) is 6.08. The third-order valence-corrected chi connectivity index (χ3v) is 3.39. The molecule has 0 radical (unpaired) electrons. The molecule has 1 heterocycles. The summed E-state index contributed by atoms with van der Waals surface area (Å²) in [6.45, 7) is 3.34. The van der Waals surface area contributed by atoms with Gasteiger partial charge < -0.3 is 15.7 Å². The lowest BCUT2D eigenvalue weighted by Gasteiger charge is -2.33. The SMILES string of the molecule is N/C(CN(CC1CC1)C1CCOCC1)=N/O. The molecule has 0 unspecified atom stereocenters. The average molecular weight is 227 g/mol. The van der Waals surface area contributed by atoms with Gasteiger partial charge >= 0.3 is 0 Å². The molecule has 1 aliphatic heterocycles. The van der Waals surface area contributed by atoms with E-state index in [1.54, 1.807) is 0 Å². The molecule has 0 aromatic carbocycles. The molecule has 3 N–H and O–H groups in total. The first-order valence-corrected chi connectivity index (χ1v) is 6.08. The first-order chi connectivity index (χ1) is 7.79. The Hall–Kier alpha value is -0.810. The van der Waals surface area contributed by atoms with Gasteiger partial charge in [0.2, 0.25) is 0 Å². The minimum absolute atomic E-state index is 0.312. The summed E-state index contributed by atoms with van der Waals surface area (Å²) in [6.07, 6.45) is 4.78. The van der Waals surface area contributed by atoms with Gasteiger partial charge in [-0.3, -0.25) is 4.90 Å². The zero-order chi connectivity index (χ0) is 11.4. The van der Waals surface area contributed by atoms with Gasteiger partial charge in [-0.15, -0.1) is 0 Å². The van der Waals surface area contributed by atoms with Gasteiger partial charge in [-0.05, 0) is 31.6 Å². The minimum Gasteiger partial charge on any atom is -0.409 e. The summed E-state index contributed by atoms with van der Waals surface area (Å²) in [5.74, 6) is 1.14. The summed E-state index contributed by atoms with van der Waals surface area (Å²) < 4.78 is 5.36. The van der Waals surface area contributed by atoms with Crippen molar-refractivity contribution in [1.29, 1.82) is 0 Å². The largest absolute Gasteiger partial charge is 0.409 e. The first kappa shape index (κ1) is 11.7. The van der Waals surface area contributed by atoms with Crippen molar-refractivity contribution >= 4 is 5.84 Å². The molecule has 1 saturated heterocycles. The molecule has 16 heavy (non-hydrogen) atoms. The van der Waals surface area contributed by atoms with Crippen LogP contribution in [0.4, 0.5) is 0 Å². The third kappa shape index (κ3) is 3.35. The zero-order valence-electron chi connectivity index (χ0n) is 9.64. The molecule has 0 amide bonds. The Morgan fingerprint density at radius 2 is 2.00 bits per heavy atom. The number of nitrogens with two attached hydrogens (primary N) is 1. The van der Waals surface area contributed by atoms with Crippen molar-refractivity contribution in [2.75, 3.05) is 26.3 Å². The van der Waals surface area contributed by atoms with Gasteiger partial charge in [-0.2, -0.15) is 0 Å². The summed E-state index contributed by atoms with van der Waals surface area (Å²) in [4.78, 5) is 2.36. The Labute approximate surface area is 96.2 Å². The van der Waals surface area contributed by atoms with Crippen molar-refractivity contribution in [3.05, 3.63) is 0 Å². The van der Waals surface area contributed by atoms with Crippen LogP contribution in [0.5, 0.6) is 0 Å². The second-order valence-electron chi connectivity index (χ2n) is 4.81. The maximum absolute atomic E-state index is 8.64. The summed E-state index contributed by atoms with van der Waals surface area (Å²) in [7, 11) is 0. The highest BCUT2D eigenvalue weighted by molar-refractivity contribution is 5.81. The van der Waals surface area contributed by atoms with Gasteiger partial charge in [0.05, 0.1) is 6.54 Å². The van der Waals surface area contributed by atoms with Crippen molar-refractivity contribution < 1.29 is 9.94 Å². The molecule has 0 spiro atoms. The van der Waals surface area contributed by atoms with Crippen molar-refractivity contribution in [3.8, 4) is 0 Å². The average Bonchev–Trinajstić information content (AvgIpc) is 3.13. The number of nitrogens with zero attached hydrogens (tertiary/aromatic N) is 2. The summed E-state index contributed by atoms with van der Waals surface area (Å²) in [5.41, 5.74) is 5.60. The minimum atomic E-state index is 0.312. The van der Waals surface area contributed by atoms with Crippen LogP contribution < -0.4 is 5.73 Å². The lowest BCUT2D eigenvalue weighted by molar-refractivity contribution is 0.0376. The molecule has 0 aromatic heterocycles. The number of oxime groups is 1. The molecule has 1 aliphatic carbocycles. The van der Waals surface area contributed by atoms with E-state index in [1.165, 1.54) is 12.8 Å². The van der Waals surface area contributed by atoms with Crippen LogP contribution in [0, 0.1) is 5.92 Å². The van der Waals surface area contributed by atoms with E-state index in [1.807, 2.05) is 0 Å².